The second kappa shape index (κ2) is 4.80. The van der Waals surface area contributed by atoms with Crippen LogP contribution in [0.15, 0.2) is 12.4 Å². The Labute approximate surface area is 79.2 Å². The zero-order valence-electron chi connectivity index (χ0n) is 8.45. The molecule has 0 aliphatic rings. The highest BCUT2D eigenvalue weighted by molar-refractivity contribution is 5.11. The predicted molar refractivity (Wildman–Crippen MR) is 51.7 cm³/mol. The van der Waals surface area contributed by atoms with E-state index in [0.29, 0.717) is 5.92 Å². The number of ether oxygens (including phenoxy) is 1. The van der Waals surface area contributed by atoms with Gasteiger partial charge in [0.05, 0.1) is 19.0 Å². The van der Waals surface area contributed by atoms with Crippen molar-refractivity contribution in [2.75, 3.05) is 6.61 Å². The largest absolute Gasteiger partial charge is 0.490 e. The number of nitrogens with zero attached hydrogens (tertiary/aromatic N) is 2. The lowest BCUT2D eigenvalue weighted by atomic mass is 10.1. The van der Waals surface area contributed by atoms with Crippen molar-refractivity contribution >= 4 is 0 Å². The van der Waals surface area contributed by atoms with Gasteiger partial charge in [-0.15, -0.1) is 0 Å². The van der Waals surface area contributed by atoms with Crippen molar-refractivity contribution in [2.45, 2.75) is 27.2 Å². The van der Waals surface area contributed by atoms with Crippen LogP contribution in [0.4, 0.5) is 0 Å². The van der Waals surface area contributed by atoms with Gasteiger partial charge in [-0.3, -0.25) is 0 Å². The fourth-order valence-electron chi connectivity index (χ4n) is 0.868. The normalized spacial score (nSPS) is 10.5. The van der Waals surface area contributed by atoms with Crippen molar-refractivity contribution in [3.63, 3.8) is 0 Å². The SMILES string of the molecule is Cc1ncc(OCCC(C)C)cn1. The number of rotatable bonds is 4. The lowest BCUT2D eigenvalue weighted by Crippen LogP contribution is -2.02. The Morgan fingerprint density at radius 3 is 2.46 bits per heavy atom. The maximum atomic E-state index is 5.45. The van der Waals surface area contributed by atoms with Gasteiger partial charge in [-0.05, 0) is 19.3 Å². The van der Waals surface area contributed by atoms with E-state index in [1.54, 1.807) is 12.4 Å². The van der Waals surface area contributed by atoms with Crippen molar-refractivity contribution in [3.8, 4) is 5.75 Å². The van der Waals surface area contributed by atoms with E-state index in [0.717, 1.165) is 24.6 Å². The number of aromatic nitrogens is 2. The van der Waals surface area contributed by atoms with E-state index in [4.69, 9.17) is 4.74 Å². The van der Waals surface area contributed by atoms with Crippen molar-refractivity contribution in [2.24, 2.45) is 5.92 Å². The minimum absolute atomic E-state index is 0.673. The Morgan fingerprint density at radius 2 is 1.92 bits per heavy atom. The first-order chi connectivity index (χ1) is 6.18. The summed E-state index contributed by atoms with van der Waals surface area (Å²) in [5.41, 5.74) is 0. The van der Waals surface area contributed by atoms with Crippen molar-refractivity contribution in [1.29, 1.82) is 0 Å². The van der Waals surface area contributed by atoms with Gasteiger partial charge in [-0.2, -0.15) is 0 Å². The van der Waals surface area contributed by atoms with Crippen molar-refractivity contribution < 1.29 is 4.74 Å². The van der Waals surface area contributed by atoms with E-state index in [2.05, 4.69) is 23.8 Å². The Bertz CT molecular complexity index is 244. The summed E-state index contributed by atoms with van der Waals surface area (Å²) in [7, 11) is 0. The summed E-state index contributed by atoms with van der Waals surface area (Å²) in [5.74, 6) is 2.20. The van der Waals surface area contributed by atoms with Gasteiger partial charge in [0.15, 0.2) is 5.75 Å². The molecule has 1 rings (SSSR count). The van der Waals surface area contributed by atoms with E-state index in [1.807, 2.05) is 6.92 Å². The molecule has 72 valence electrons. The molecule has 13 heavy (non-hydrogen) atoms. The van der Waals surface area contributed by atoms with Crippen LogP contribution in [0.3, 0.4) is 0 Å². The summed E-state index contributed by atoms with van der Waals surface area (Å²) in [6, 6.07) is 0. The summed E-state index contributed by atoms with van der Waals surface area (Å²) in [6.45, 7) is 6.95. The first-order valence-corrected chi connectivity index (χ1v) is 4.60. The van der Waals surface area contributed by atoms with Gasteiger partial charge in [-0.25, -0.2) is 9.97 Å². The Morgan fingerprint density at radius 1 is 1.31 bits per heavy atom. The standard InChI is InChI=1S/C10H16N2O/c1-8(2)4-5-13-10-6-11-9(3)12-7-10/h6-8H,4-5H2,1-3H3. The Hall–Kier alpha value is -1.12. The lowest BCUT2D eigenvalue weighted by molar-refractivity contribution is 0.287. The molecule has 0 fully saturated rings. The van der Waals surface area contributed by atoms with Crippen molar-refractivity contribution in [1.82, 2.24) is 9.97 Å². The molecule has 1 aromatic rings. The van der Waals surface area contributed by atoms with Crippen molar-refractivity contribution in [3.05, 3.63) is 18.2 Å². The number of hydrogen-bond acceptors (Lipinski definition) is 3. The van der Waals surface area contributed by atoms with Gasteiger partial charge in [0, 0.05) is 0 Å². The predicted octanol–water partition coefficient (Wildman–Crippen LogP) is 2.21. The molecule has 0 bridgehead atoms. The first-order valence-electron chi connectivity index (χ1n) is 4.60. The van der Waals surface area contributed by atoms with Crippen LogP contribution >= 0.6 is 0 Å². The summed E-state index contributed by atoms with van der Waals surface area (Å²) >= 11 is 0. The van der Waals surface area contributed by atoms with E-state index >= 15 is 0 Å². The molecule has 3 heteroatoms. The summed E-state index contributed by atoms with van der Waals surface area (Å²) < 4.78 is 5.45. The molecule has 0 saturated carbocycles. The molecule has 0 aromatic carbocycles. The summed E-state index contributed by atoms with van der Waals surface area (Å²) in [4.78, 5) is 8.08. The highest BCUT2D eigenvalue weighted by atomic mass is 16.5. The molecular weight excluding hydrogens is 164 g/mol. The van der Waals surface area contributed by atoms with Gasteiger partial charge in [0.2, 0.25) is 0 Å². The topological polar surface area (TPSA) is 35.0 Å². The molecule has 0 atom stereocenters. The van der Waals surface area contributed by atoms with Crippen LogP contribution in [0.5, 0.6) is 5.75 Å². The molecule has 0 aliphatic carbocycles. The molecule has 0 spiro atoms. The van der Waals surface area contributed by atoms with Crippen LogP contribution in [0.1, 0.15) is 26.1 Å². The maximum Gasteiger partial charge on any atom is 0.155 e. The Balaban J connectivity index is 2.33. The van der Waals surface area contributed by atoms with E-state index < -0.39 is 0 Å². The monoisotopic (exact) mass is 180 g/mol. The zero-order chi connectivity index (χ0) is 9.68. The highest BCUT2D eigenvalue weighted by Gasteiger charge is 1.96. The molecule has 0 amide bonds. The van der Waals surface area contributed by atoms with Gasteiger partial charge in [0.25, 0.3) is 0 Å². The molecule has 0 aliphatic heterocycles. The number of aryl methyl sites for hydroxylation is 1. The van der Waals surface area contributed by atoms with Crippen LogP contribution in [-0.4, -0.2) is 16.6 Å². The van der Waals surface area contributed by atoms with Crippen LogP contribution in [0.2, 0.25) is 0 Å². The summed E-state index contributed by atoms with van der Waals surface area (Å²) in [5, 5.41) is 0. The maximum absolute atomic E-state index is 5.45. The quantitative estimate of drug-likeness (QED) is 0.712. The summed E-state index contributed by atoms with van der Waals surface area (Å²) in [6.07, 6.45) is 4.49. The fourth-order valence-corrected chi connectivity index (χ4v) is 0.868. The third-order valence-electron chi connectivity index (χ3n) is 1.72. The molecule has 0 N–H and O–H groups in total. The third-order valence-corrected chi connectivity index (χ3v) is 1.72. The average molecular weight is 180 g/mol. The minimum atomic E-state index is 0.673. The highest BCUT2D eigenvalue weighted by Crippen LogP contribution is 2.07. The smallest absolute Gasteiger partial charge is 0.155 e. The van der Waals surface area contributed by atoms with Crippen LogP contribution < -0.4 is 4.74 Å². The Kier molecular flexibility index (Phi) is 3.68. The van der Waals surface area contributed by atoms with Gasteiger partial charge >= 0.3 is 0 Å². The van der Waals surface area contributed by atoms with Crippen LogP contribution in [0, 0.1) is 12.8 Å². The van der Waals surface area contributed by atoms with Gasteiger partial charge in [-0.1, -0.05) is 13.8 Å². The molecule has 3 nitrogen and oxygen atoms in total. The molecule has 0 unspecified atom stereocenters. The zero-order valence-corrected chi connectivity index (χ0v) is 8.45. The minimum Gasteiger partial charge on any atom is -0.490 e. The van der Waals surface area contributed by atoms with Gasteiger partial charge < -0.3 is 4.74 Å². The average Bonchev–Trinajstić information content (AvgIpc) is 2.08. The second-order valence-electron chi connectivity index (χ2n) is 3.50. The fraction of sp³-hybridized carbons (Fsp3) is 0.600. The van der Waals surface area contributed by atoms with Crippen LogP contribution in [0.25, 0.3) is 0 Å². The van der Waals surface area contributed by atoms with E-state index in [1.165, 1.54) is 0 Å². The first kappa shape index (κ1) is 9.96. The van der Waals surface area contributed by atoms with E-state index in [-0.39, 0.29) is 0 Å². The third kappa shape index (κ3) is 3.87. The second-order valence-corrected chi connectivity index (χ2v) is 3.50. The number of hydrogen-bond donors (Lipinski definition) is 0. The lowest BCUT2D eigenvalue weighted by Gasteiger charge is -2.06. The van der Waals surface area contributed by atoms with Crippen LogP contribution in [-0.2, 0) is 0 Å². The molecule has 0 radical (unpaired) electrons. The van der Waals surface area contributed by atoms with E-state index in [9.17, 15) is 0 Å². The molecule has 0 saturated heterocycles. The molecule has 1 aromatic heterocycles. The molecule has 1 heterocycles. The van der Waals surface area contributed by atoms with Gasteiger partial charge in [0.1, 0.15) is 5.82 Å². The molecular formula is C10H16N2O.